The van der Waals surface area contributed by atoms with Gasteiger partial charge in [-0.05, 0) is 37.0 Å². The number of rotatable bonds is 10. The summed E-state index contributed by atoms with van der Waals surface area (Å²) >= 11 is 1.47. The van der Waals surface area contributed by atoms with Crippen LogP contribution in [0, 0.1) is 11.7 Å². The summed E-state index contributed by atoms with van der Waals surface area (Å²) in [5.41, 5.74) is -1.22. The lowest BCUT2D eigenvalue weighted by Gasteiger charge is -2.34. The number of ether oxygens (including phenoxy) is 1. The Kier molecular flexibility index (Phi) is 9.54. The number of carbonyl (C=O) groups excluding carboxylic acids is 2. The van der Waals surface area contributed by atoms with Gasteiger partial charge in [-0.2, -0.15) is 0 Å². The third-order valence-electron chi connectivity index (χ3n) is 6.22. The van der Waals surface area contributed by atoms with Crippen molar-refractivity contribution >= 4 is 41.0 Å². The first-order valence-electron chi connectivity index (χ1n) is 12.0. The van der Waals surface area contributed by atoms with Crippen LogP contribution in [0.1, 0.15) is 54.7 Å². The van der Waals surface area contributed by atoms with E-state index < -0.39 is 42.4 Å². The summed E-state index contributed by atoms with van der Waals surface area (Å²) in [5.74, 6) is -5.51. The lowest BCUT2D eigenvalue weighted by atomic mass is 9.95. The topological polar surface area (TPSA) is 179 Å². The van der Waals surface area contributed by atoms with Crippen molar-refractivity contribution in [3.63, 3.8) is 0 Å². The molecule has 1 unspecified atom stereocenters. The van der Waals surface area contributed by atoms with Gasteiger partial charge in [-0.15, -0.1) is 11.3 Å². The second-order valence-corrected chi connectivity index (χ2v) is 10.5. The summed E-state index contributed by atoms with van der Waals surface area (Å²) in [6, 6.07) is 7.89. The zero-order valence-electron chi connectivity index (χ0n) is 21.0. The lowest BCUT2D eigenvalue weighted by Crippen LogP contribution is -2.42. The Morgan fingerprint density at radius 1 is 1.10 bits per heavy atom. The predicted octanol–water partition coefficient (Wildman–Crippen LogP) is 2.64. The number of thiophene rings is 1. The van der Waals surface area contributed by atoms with Crippen LogP contribution < -0.4 is 4.74 Å². The molecule has 0 bridgehead atoms. The summed E-state index contributed by atoms with van der Waals surface area (Å²) < 4.78 is 19.6. The van der Waals surface area contributed by atoms with E-state index in [0.29, 0.717) is 23.7 Å². The van der Waals surface area contributed by atoms with Gasteiger partial charge in [0.15, 0.2) is 16.4 Å². The smallest absolute Gasteiger partial charge is 0.336 e. The summed E-state index contributed by atoms with van der Waals surface area (Å²) in [6.07, 6.45) is 0.281. The minimum absolute atomic E-state index is 0.0556. The Labute approximate surface area is 226 Å². The SMILES string of the molecule is CC(=O)Oc1cc2c(s1)CCN(C(C(=O)C1CC1)c1ccccc1F)C2.O=C(O)CC(O)(CC(=O)O)C(=O)O. The standard InChI is InChI=1S/C20H20FNO3S.C6H8O7/c1-12(23)25-18-10-14-11-22(9-8-17(14)26-18)19(20(24)13-6-7-13)15-4-2-3-5-16(15)21;7-3(8)1-6(13,5(11)12)2-4(9)10/h2-5,10,13,19H,6-9,11H2,1H3;13H,1-2H2,(H,7,8)(H,9,10)(H,11,12). The number of fused-ring (bicyclic) bond motifs is 1. The maximum atomic E-state index is 14.4. The molecule has 1 aliphatic heterocycles. The minimum Gasteiger partial charge on any atom is -0.481 e. The molecule has 13 heteroatoms. The first kappa shape index (κ1) is 29.9. The van der Waals surface area contributed by atoms with Gasteiger partial charge in [0.1, 0.15) is 5.82 Å². The Bertz CT molecular complexity index is 1260. The summed E-state index contributed by atoms with van der Waals surface area (Å²) in [4.78, 5) is 57.8. The summed E-state index contributed by atoms with van der Waals surface area (Å²) in [5, 5.41) is 34.4. The Morgan fingerprint density at radius 2 is 1.72 bits per heavy atom. The number of esters is 1. The molecule has 0 amide bonds. The van der Waals surface area contributed by atoms with Crippen molar-refractivity contribution in [2.24, 2.45) is 5.92 Å². The van der Waals surface area contributed by atoms with E-state index in [9.17, 15) is 28.4 Å². The molecule has 4 rings (SSSR count). The molecule has 1 aromatic carbocycles. The molecule has 0 spiro atoms. The minimum atomic E-state index is -2.74. The molecule has 0 radical (unpaired) electrons. The van der Waals surface area contributed by atoms with Crippen molar-refractivity contribution < 1.29 is 53.5 Å². The number of aliphatic hydroxyl groups is 1. The Balaban J connectivity index is 0.000000276. The second kappa shape index (κ2) is 12.5. The van der Waals surface area contributed by atoms with Crippen molar-refractivity contribution in [2.45, 2.75) is 57.2 Å². The van der Waals surface area contributed by atoms with Gasteiger partial charge in [-0.1, -0.05) is 18.2 Å². The molecule has 1 saturated carbocycles. The molecular weight excluding hydrogens is 537 g/mol. The fourth-order valence-corrected chi connectivity index (χ4v) is 5.32. The number of Topliss-reactive ketones (excluding diaryl/α,β-unsaturated/α-hetero) is 1. The molecule has 11 nitrogen and oxygen atoms in total. The van der Waals surface area contributed by atoms with Crippen molar-refractivity contribution in [3.05, 3.63) is 52.2 Å². The molecule has 0 saturated heterocycles. The largest absolute Gasteiger partial charge is 0.481 e. The second-order valence-electron chi connectivity index (χ2n) is 9.41. The van der Waals surface area contributed by atoms with E-state index in [1.807, 2.05) is 6.07 Å². The molecule has 1 aromatic heterocycles. The van der Waals surface area contributed by atoms with Crippen LogP contribution in [0.2, 0.25) is 0 Å². The van der Waals surface area contributed by atoms with E-state index in [1.54, 1.807) is 18.2 Å². The third-order valence-corrected chi connectivity index (χ3v) is 7.33. The van der Waals surface area contributed by atoms with Gasteiger partial charge in [0.25, 0.3) is 0 Å². The summed E-state index contributed by atoms with van der Waals surface area (Å²) in [6.45, 7) is 2.63. The van der Waals surface area contributed by atoms with Gasteiger partial charge in [-0.25, -0.2) is 9.18 Å². The number of hydrogen-bond donors (Lipinski definition) is 4. The van der Waals surface area contributed by atoms with Crippen molar-refractivity contribution in [1.82, 2.24) is 4.90 Å². The highest BCUT2D eigenvalue weighted by Crippen LogP contribution is 2.41. The molecule has 1 aliphatic carbocycles. The quantitative estimate of drug-likeness (QED) is 0.311. The van der Waals surface area contributed by atoms with Gasteiger partial charge in [0, 0.05) is 36.4 Å². The maximum Gasteiger partial charge on any atom is 0.336 e. The predicted molar refractivity (Wildman–Crippen MR) is 134 cm³/mol. The highest BCUT2D eigenvalue weighted by molar-refractivity contribution is 7.14. The molecular formula is C26H28FNO10S. The monoisotopic (exact) mass is 565 g/mol. The van der Waals surface area contributed by atoms with Gasteiger partial charge < -0.3 is 25.2 Å². The van der Waals surface area contributed by atoms with E-state index in [-0.39, 0.29) is 23.5 Å². The zero-order chi connectivity index (χ0) is 28.9. The number of ketones is 1. The molecule has 2 aromatic rings. The van der Waals surface area contributed by atoms with Crippen LogP contribution in [0.25, 0.3) is 0 Å². The molecule has 1 atom stereocenters. The number of nitrogens with zero attached hydrogens (tertiary/aromatic N) is 1. The van der Waals surface area contributed by atoms with Gasteiger partial charge in [-0.3, -0.25) is 24.1 Å². The Hall–Kier alpha value is -3.68. The van der Waals surface area contributed by atoms with Crippen molar-refractivity contribution in [2.75, 3.05) is 6.54 Å². The number of halogens is 1. The van der Waals surface area contributed by atoms with Gasteiger partial charge >= 0.3 is 23.9 Å². The number of aliphatic carboxylic acids is 3. The van der Waals surface area contributed by atoms with Crippen molar-refractivity contribution in [1.29, 1.82) is 0 Å². The number of carboxylic acid groups (broad SMARTS) is 3. The molecule has 2 aliphatic rings. The van der Waals surface area contributed by atoms with Crippen LogP contribution in [0.3, 0.4) is 0 Å². The first-order valence-corrected chi connectivity index (χ1v) is 12.8. The molecule has 210 valence electrons. The fraction of sp³-hybridized carbons (Fsp3) is 0.423. The van der Waals surface area contributed by atoms with Crippen LogP contribution >= 0.6 is 11.3 Å². The number of carboxylic acids is 3. The van der Waals surface area contributed by atoms with Gasteiger partial charge in [0.2, 0.25) is 0 Å². The summed E-state index contributed by atoms with van der Waals surface area (Å²) in [7, 11) is 0. The Morgan fingerprint density at radius 3 is 2.23 bits per heavy atom. The number of carbonyl (C=O) groups is 5. The average Bonchev–Trinajstić information content (AvgIpc) is 3.60. The molecule has 4 N–H and O–H groups in total. The van der Waals surface area contributed by atoms with Crippen molar-refractivity contribution in [3.8, 4) is 5.06 Å². The number of benzene rings is 1. The van der Waals surface area contributed by atoms with Gasteiger partial charge in [0.05, 0.1) is 18.9 Å². The molecule has 2 heterocycles. The van der Waals surface area contributed by atoms with Crippen LogP contribution in [0.15, 0.2) is 30.3 Å². The van der Waals surface area contributed by atoms with E-state index >= 15 is 0 Å². The van der Waals surface area contributed by atoms with E-state index in [2.05, 4.69) is 4.90 Å². The normalized spacial score (nSPS) is 15.8. The van der Waals surface area contributed by atoms with Crippen LogP contribution in [-0.4, -0.2) is 67.1 Å². The van der Waals surface area contributed by atoms with Crippen LogP contribution in [0.4, 0.5) is 4.39 Å². The molecule has 39 heavy (non-hydrogen) atoms. The van der Waals surface area contributed by atoms with Crippen LogP contribution in [0.5, 0.6) is 5.06 Å². The lowest BCUT2D eigenvalue weighted by molar-refractivity contribution is -0.170. The highest BCUT2D eigenvalue weighted by Gasteiger charge is 2.41. The average molecular weight is 566 g/mol. The van der Waals surface area contributed by atoms with Crippen LogP contribution in [-0.2, 0) is 36.9 Å². The third kappa shape index (κ3) is 7.91. The maximum absolute atomic E-state index is 14.4. The highest BCUT2D eigenvalue weighted by atomic mass is 32.1. The first-order chi connectivity index (χ1) is 18.3. The number of hydrogen-bond acceptors (Lipinski definition) is 9. The fourth-order valence-electron chi connectivity index (χ4n) is 4.27. The van der Waals surface area contributed by atoms with E-state index in [1.165, 1.54) is 29.2 Å². The van der Waals surface area contributed by atoms with E-state index in [0.717, 1.165) is 24.8 Å². The van der Waals surface area contributed by atoms with E-state index in [4.69, 9.17) is 25.2 Å². The molecule has 1 fully saturated rings. The zero-order valence-corrected chi connectivity index (χ0v) is 21.8.